The van der Waals surface area contributed by atoms with E-state index in [1.54, 1.807) is 24.3 Å². The van der Waals surface area contributed by atoms with E-state index in [-0.39, 0.29) is 19.0 Å². The number of nitrogens with one attached hydrogen (secondary N) is 1. The Morgan fingerprint density at radius 2 is 1.81 bits per heavy atom. The quantitative estimate of drug-likeness (QED) is 0.636. The first-order valence-electron chi connectivity index (χ1n) is 10.0. The second-order valence-corrected chi connectivity index (χ2v) is 9.34. The molecule has 8 nitrogen and oxygen atoms in total. The summed E-state index contributed by atoms with van der Waals surface area (Å²) in [6.07, 6.45) is 2.50. The van der Waals surface area contributed by atoms with Gasteiger partial charge in [-0.05, 0) is 41.8 Å². The molecule has 1 fully saturated rings. The highest BCUT2D eigenvalue weighted by Gasteiger charge is 2.22. The van der Waals surface area contributed by atoms with Gasteiger partial charge in [0.1, 0.15) is 12.3 Å². The first kappa shape index (κ1) is 22.6. The van der Waals surface area contributed by atoms with Crippen molar-refractivity contribution in [3.05, 3.63) is 59.7 Å². The molecule has 1 aliphatic rings. The van der Waals surface area contributed by atoms with Gasteiger partial charge in [0.05, 0.1) is 19.1 Å². The zero-order valence-electron chi connectivity index (χ0n) is 17.7. The number of nitrogens with zero attached hydrogens (tertiary/aromatic N) is 2. The maximum Gasteiger partial charge on any atom is 0.241 e. The molecule has 1 heterocycles. The molecule has 2 amide bonds. The smallest absolute Gasteiger partial charge is 0.241 e. The van der Waals surface area contributed by atoms with Gasteiger partial charge in [0.25, 0.3) is 0 Å². The molecular weight excluding hydrogens is 418 g/mol. The molecule has 2 aromatic rings. The zero-order chi connectivity index (χ0) is 22.4. The number of ether oxygens (including phenoxy) is 1. The molecule has 0 spiro atoms. The third-order valence-electron chi connectivity index (χ3n) is 5.17. The molecule has 0 atom stereocenters. The number of rotatable bonds is 9. The molecule has 0 saturated carbocycles. The van der Waals surface area contributed by atoms with Crippen LogP contribution in [0.5, 0.6) is 5.75 Å². The molecule has 1 N–H and O–H groups in total. The highest BCUT2D eigenvalue weighted by molar-refractivity contribution is 7.92. The van der Waals surface area contributed by atoms with Gasteiger partial charge in [-0.2, -0.15) is 0 Å². The lowest BCUT2D eigenvalue weighted by atomic mass is 10.1. The normalized spacial score (nSPS) is 13.9. The Kier molecular flexibility index (Phi) is 7.17. The summed E-state index contributed by atoms with van der Waals surface area (Å²) < 4.78 is 30.7. The van der Waals surface area contributed by atoms with E-state index in [9.17, 15) is 18.0 Å². The number of amides is 2. The number of hydrogen-bond acceptors (Lipinski definition) is 5. The summed E-state index contributed by atoms with van der Waals surface area (Å²) in [5.41, 5.74) is 2.24. The lowest BCUT2D eigenvalue weighted by molar-refractivity contribution is -0.128. The molecule has 0 bridgehead atoms. The van der Waals surface area contributed by atoms with Crippen LogP contribution in [-0.2, 0) is 32.7 Å². The Labute approximate surface area is 182 Å². The van der Waals surface area contributed by atoms with Gasteiger partial charge in [-0.25, -0.2) is 8.42 Å². The molecule has 2 aromatic carbocycles. The van der Waals surface area contributed by atoms with Gasteiger partial charge in [-0.3, -0.25) is 13.9 Å². The lowest BCUT2D eigenvalue weighted by Crippen LogP contribution is -2.40. The monoisotopic (exact) mass is 445 g/mol. The summed E-state index contributed by atoms with van der Waals surface area (Å²) in [6, 6.07) is 14.1. The minimum atomic E-state index is -3.66. The van der Waals surface area contributed by atoms with E-state index in [2.05, 4.69) is 5.32 Å². The number of anilines is 1. The third kappa shape index (κ3) is 5.97. The summed E-state index contributed by atoms with van der Waals surface area (Å²) in [5.74, 6) is 0.310. The number of likely N-dealkylation sites (tertiary alicyclic amines) is 1. The van der Waals surface area contributed by atoms with Crippen molar-refractivity contribution in [2.45, 2.75) is 25.9 Å². The van der Waals surface area contributed by atoms with Gasteiger partial charge in [-0.15, -0.1) is 0 Å². The van der Waals surface area contributed by atoms with Crippen molar-refractivity contribution < 1.29 is 22.7 Å². The van der Waals surface area contributed by atoms with Gasteiger partial charge >= 0.3 is 0 Å². The minimum Gasteiger partial charge on any atom is -0.497 e. The SMILES string of the molecule is COc1ccc(N(CC(=O)NCc2ccccc2CN2CCCC2=O)S(C)(=O)=O)cc1. The van der Waals surface area contributed by atoms with Crippen LogP contribution in [-0.4, -0.2) is 51.6 Å². The summed E-state index contributed by atoms with van der Waals surface area (Å²) >= 11 is 0. The van der Waals surface area contributed by atoms with Crippen molar-refractivity contribution in [1.29, 1.82) is 0 Å². The fourth-order valence-electron chi connectivity index (χ4n) is 3.49. The van der Waals surface area contributed by atoms with Crippen LogP contribution < -0.4 is 14.4 Å². The molecule has 0 radical (unpaired) electrons. The van der Waals surface area contributed by atoms with Crippen LogP contribution in [0, 0.1) is 0 Å². The molecule has 166 valence electrons. The molecule has 1 aliphatic heterocycles. The van der Waals surface area contributed by atoms with E-state index in [1.807, 2.05) is 29.2 Å². The number of sulfonamides is 1. The van der Waals surface area contributed by atoms with Crippen molar-refractivity contribution in [3.8, 4) is 5.75 Å². The highest BCUT2D eigenvalue weighted by atomic mass is 32.2. The predicted octanol–water partition coefficient (Wildman–Crippen LogP) is 1.90. The number of benzene rings is 2. The largest absolute Gasteiger partial charge is 0.497 e. The van der Waals surface area contributed by atoms with Crippen molar-refractivity contribution in [3.63, 3.8) is 0 Å². The van der Waals surface area contributed by atoms with Crippen molar-refractivity contribution in [2.24, 2.45) is 0 Å². The predicted molar refractivity (Wildman–Crippen MR) is 118 cm³/mol. The minimum absolute atomic E-state index is 0.141. The Morgan fingerprint density at radius 3 is 2.39 bits per heavy atom. The topological polar surface area (TPSA) is 96.0 Å². The number of methoxy groups -OCH3 is 1. The van der Waals surface area contributed by atoms with Crippen LogP contribution in [0.3, 0.4) is 0 Å². The molecule has 0 unspecified atom stereocenters. The van der Waals surface area contributed by atoms with Gasteiger partial charge in [0.15, 0.2) is 0 Å². The van der Waals surface area contributed by atoms with Gasteiger partial charge in [-0.1, -0.05) is 24.3 Å². The lowest BCUT2D eigenvalue weighted by Gasteiger charge is -2.22. The first-order valence-corrected chi connectivity index (χ1v) is 11.9. The van der Waals surface area contributed by atoms with E-state index >= 15 is 0 Å². The second-order valence-electron chi connectivity index (χ2n) is 7.43. The summed E-state index contributed by atoms with van der Waals surface area (Å²) in [6.45, 7) is 1.16. The fourth-order valence-corrected chi connectivity index (χ4v) is 4.35. The van der Waals surface area contributed by atoms with Crippen molar-refractivity contribution >= 4 is 27.5 Å². The van der Waals surface area contributed by atoms with Gasteiger partial charge < -0.3 is 15.0 Å². The molecule has 0 aromatic heterocycles. The van der Waals surface area contributed by atoms with E-state index < -0.39 is 15.9 Å². The zero-order valence-corrected chi connectivity index (χ0v) is 18.5. The average molecular weight is 446 g/mol. The molecule has 31 heavy (non-hydrogen) atoms. The summed E-state index contributed by atoms with van der Waals surface area (Å²) in [5, 5.41) is 2.80. The number of hydrogen-bond donors (Lipinski definition) is 1. The fraction of sp³-hybridized carbons (Fsp3) is 0.364. The average Bonchev–Trinajstić information content (AvgIpc) is 3.15. The molecule has 9 heteroatoms. The van der Waals surface area contributed by atoms with Crippen LogP contribution in [0.15, 0.2) is 48.5 Å². The molecule has 0 aliphatic carbocycles. The van der Waals surface area contributed by atoms with Gasteiger partial charge in [0, 0.05) is 26.1 Å². The van der Waals surface area contributed by atoms with Crippen molar-refractivity contribution in [1.82, 2.24) is 10.2 Å². The summed E-state index contributed by atoms with van der Waals surface area (Å²) in [4.78, 5) is 26.3. The maximum absolute atomic E-state index is 12.6. The van der Waals surface area contributed by atoms with Crippen LogP contribution in [0.25, 0.3) is 0 Å². The first-order chi connectivity index (χ1) is 14.8. The standard InChI is InChI=1S/C22H27N3O5S/c1-30-20-11-9-19(10-12-20)25(31(2,28)29)16-21(26)23-14-17-6-3-4-7-18(17)15-24-13-5-8-22(24)27/h3-4,6-7,9-12H,5,8,13-16H2,1-2H3,(H,23,26). The van der Waals surface area contributed by atoms with Crippen LogP contribution in [0.2, 0.25) is 0 Å². The Bertz CT molecular complexity index is 1040. The van der Waals surface area contributed by atoms with Gasteiger partial charge in [0.2, 0.25) is 21.8 Å². The second kappa shape index (κ2) is 9.82. The molecule has 1 saturated heterocycles. The van der Waals surface area contributed by atoms with Crippen LogP contribution >= 0.6 is 0 Å². The Hall–Kier alpha value is -3.07. The van der Waals surface area contributed by atoms with E-state index in [0.29, 0.717) is 24.4 Å². The van der Waals surface area contributed by atoms with Crippen LogP contribution in [0.4, 0.5) is 5.69 Å². The highest BCUT2D eigenvalue weighted by Crippen LogP contribution is 2.21. The van der Waals surface area contributed by atoms with Crippen molar-refractivity contribution in [2.75, 3.05) is 30.8 Å². The Balaban J connectivity index is 1.66. The van der Waals surface area contributed by atoms with Crippen LogP contribution in [0.1, 0.15) is 24.0 Å². The summed E-state index contributed by atoms with van der Waals surface area (Å²) in [7, 11) is -2.14. The Morgan fingerprint density at radius 1 is 1.13 bits per heavy atom. The molecule has 3 rings (SSSR count). The third-order valence-corrected chi connectivity index (χ3v) is 6.32. The van der Waals surface area contributed by atoms with E-state index in [1.165, 1.54) is 7.11 Å². The number of carbonyl (C=O) groups is 2. The molecular formula is C22H27N3O5S. The maximum atomic E-state index is 12.6. The van der Waals surface area contributed by atoms with E-state index in [0.717, 1.165) is 34.7 Å². The van der Waals surface area contributed by atoms with E-state index in [4.69, 9.17) is 4.74 Å². The number of carbonyl (C=O) groups excluding carboxylic acids is 2.